The third-order valence-electron chi connectivity index (χ3n) is 10.1. The number of benzene rings is 3. The third kappa shape index (κ3) is 7.59. The number of allylic oxidation sites excluding steroid dienone is 1. The summed E-state index contributed by atoms with van der Waals surface area (Å²) in [7, 11) is 0. The molecule has 5 rings (SSSR count). The number of nitrogens with zero attached hydrogens (tertiary/aromatic N) is 1. The van der Waals surface area contributed by atoms with Gasteiger partial charge in [0.2, 0.25) is 0 Å². The van der Waals surface area contributed by atoms with E-state index in [0.717, 1.165) is 28.6 Å². The summed E-state index contributed by atoms with van der Waals surface area (Å²) < 4.78 is 7.02. The molecular weight excluding hydrogens is 673 g/mol. The van der Waals surface area contributed by atoms with Crippen molar-refractivity contribution in [3.63, 3.8) is 0 Å². The number of halogens is 1. The monoisotopic (exact) mass is 731 g/mol. The topological polar surface area (TPSA) is 25.2 Å². The van der Waals surface area contributed by atoms with Gasteiger partial charge in [0, 0.05) is 21.8 Å². The van der Waals surface area contributed by atoms with Crippen LogP contribution in [0.5, 0.6) is 0 Å². The van der Waals surface area contributed by atoms with E-state index in [0.29, 0.717) is 6.42 Å². The molecule has 0 bridgehead atoms. The van der Waals surface area contributed by atoms with E-state index in [1.54, 1.807) is 0 Å². The van der Waals surface area contributed by atoms with Gasteiger partial charge in [-0.1, -0.05) is 125 Å². The van der Waals surface area contributed by atoms with E-state index in [1.807, 2.05) is 18.2 Å². The number of hydrogen-bond donors (Lipinski definition) is 1. The molecule has 3 aromatic carbocycles. The molecule has 0 radical (unpaired) electrons. The zero-order valence-electron chi connectivity index (χ0n) is 31.7. The molecule has 0 saturated heterocycles. The SMILES string of the molecule is CC(C)(C)CC(C)(C)C1(Cl)C=C(c2ccccc2)C(O)C(C)(n2c3ccc(C(C)(C)C)cc3c3cc(C(C)(C)C)ccc32)C1.[CH3][Zr][CH3]. The molecule has 1 N–H and O–H groups in total. The molecule has 3 unspecified atom stereocenters. The molecule has 3 atom stereocenters. The van der Waals surface area contributed by atoms with Crippen LogP contribution in [0, 0.1) is 10.8 Å². The van der Waals surface area contributed by atoms with Crippen LogP contribution in [-0.4, -0.2) is 20.7 Å². The molecule has 0 spiro atoms. The predicted octanol–water partition coefficient (Wildman–Crippen LogP) is 12.6. The van der Waals surface area contributed by atoms with Crippen molar-refractivity contribution in [1.29, 1.82) is 0 Å². The van der Waals surface area contributed by atoms with Gasteiger partial charge < -0.3 is 9.67 Å². The summed E-state index contributed by atoms with van der Waals surface area (Å²) in [6, 6.07) is 24.2. The fourth-order valence-electron chi connectivity index (χ4n) is 7.82. The molecule has 0 fully saturated rings. The number of fused-ring (bicyclic) bond motifs is 3. The van der Waals surface area contributed by atoms with E-state index in [2.05, 4.69) is 152 Å². The Labute approximate surface area is 302 Å². The average molecular weight is 734 g/mol. The van der Waals surface area contributed by atoms with Crippen molar-refractivity contribution in [3.8, 4) is 0 Å². The van der Waals surface area contributed by atoms with E-state index < -0.39 is 16.5 Å². The second kappa shape index (κ2) is 13.2. The first kappa shape index (κ1) is 38.1. The molecule has 1 aliphatic carbocycles. The fourth-order valence-corrected chi connectivity index (χ4v) is 8.27. The van der Waals surface area contributed by atoms with Gasteiger partial charge in [-0.15, -0.1) is 11.6 Å². The van der Waals surface area contributed by atoms with Crippen LogP contribution in [0.4, 0.5) is 0 Å². The predicted molar refractivity (Wildman–Crippen MR) is 204 cm³/mol. The summed E-state index contributed by atoms with van der Waals surface area (Å²) in [5.74, 6) is 0. The van der Waals surface area contributed by atoms with Crippen LogP contribution in [0.25, 0.3) is 27.4 Å². The van der Waals surface area contributed by atoms with Crippen molar-refractivity contribution in [2.45, 2.75) is 133 Å². The second-order valence-electron chi connectivity index (χ2n) is 18.2. The van der Waals surface area contributed by atoms with Crippen LogP contribution in [0.3, 0.4) is 0 Å². The van der Waals surface area contributed by atoms with E-state index in [1.165, 1.54) is 21.9 Å². The van der Waals surface area contributed by atoms with Crippen LogP contribution in [0.15, 0.2) is 72.8 Å². The van der Waals surface area contributed by atoms with Crippen LogP contribution in [-0.2, 0) is 39.6 Å². The first-order chi connectivity index (χ1) is 21.5. The zero-order valence-corrected chi connectivity index (χ0v) is 34.9. The van der Waals surface area contributed by atoms with Gasteiger partial charge in [0.25, 0.3) is 0 Å². The van der Waals surface area contributed by atoms with Gasteiger partial charge in [-0.25, -0.2) is 0 Å². The average Bonchev–Trinajstić information content (AvgIpc) is 3.27. The number of aliphatic hydroxyl groups excluding tert-OH is 1. The normalized spacial score (nSPS) is 22.6. The molecule has 1 aliphatic rings. The Morgan fingerprint density at radius 3 is 1.62 bits per heavy atom. The molecule has 4 heteroatoms. The minimum absolute atomic E-state index is 0.0179. The zero-order chi connectivity index (χ0) is 35.4. The van der Waals surface area contributed by atoms with Gasteiger partial charge in [0.05, 0.1) is 10.4 Å². The molecule has 4 aromatic rings. The first-order valence-electron chi connectivity index (χ1n) is 17.3. The maximum atomic E-state index is 12.6. The number of rotatable bonds is 4. The molecular formula is C43H60ClNOZr. The van der Waals surface area contributed by atoms with Gasteiger partial charge in [-0.2, -0.15) is 0 Å². The van der Waals surface area contributed by atoms with E-state index in [9.17, 15) is 5.11 Å². The molecule has 0 aliphatic heterocycles. The molecule has 1 heterocycles. The van der Waals surface area contributed by atoms with Crippen molar-refractivity contribution in [3.05, 3.63) is 89.5 Å². The van der Waals surface area contributed by atoms with Gasteiger partial charge in [-0.3, -0.25) is 0 Å². The van der Waals surface area contributed by atoms with Crippen LogP contribution in [0.2, 0.25) is 9.26 Å². The Balaban J connectivity index is 0.00000160. The van der Waals surface area contributed by atoms with Crippen molar-refractivity contribution in [1.82, 2.24) is 4.57 Å². The molecule has 1 aromatic heterocycles. The minimum atomic E-state index is -0.759. The molecule has 254 valence electrons. The quantitative estimate of drug-likeness (QED) is 0.208. The maximum absolute atomic E-state index is 12.6. The number of hydrogen-bond acceptors (Lipinski definition) is 1. The van der Waals surface area contributed by atoms with Gasteiger partial charge in [0.15, 0.2) is 0 Å². The van der Waals surface area contributed by atoms with E-state index >= 15 is 0 Å². The molecule has 0 saturated carbocycles. The Hall–Kier alpha value is -1.67. The Bertz CT molecular complexity index is 1670. The number of alkyl halides is 1. The number of aliphatic hydroxyl groups is 1. The summed E-state index contributed by atoms with van der Waals surface area (Å²) in [5.41, 5.74) is 5.99. The summed E-state index contributed by atoms with van der Waals surface area (Å²) in [6.45, 7) is 27.4. The summed E-state index contributed by atoms with van der Waals surface area (Å²) in [6.07, 6.45) is 2.99. The molecule has 0 amide bonds. The van der Waals surface area contributed by atoms with Crippen LogP contribution < -0.4 is 0 Å². The van der Waals surface area contributed by atoms with Crippen LogP contribution in [0.1, 0.15) is 113 Å². The van der Waals surface area contributed by atoms with Crippen molar-refractivity contribution in [2.24, 2.45) is 10.8 Å². The second-order valence-corrected chi connectivity index (χ2v) is 21.3. The van der Waals surface area contributed by atoms with E-state index in [4.69, 9.17) is 11.6 Å². The Morgan fingerprint density at radius 2 is 1.21 bits per heavy atom. The third-order valence-corrected chi connectivity index (χ3v) is 10.8. The first-order valence-corrected chi connectivity index (χ1v) is 22.6. The summed E-state index contributed by atoms with van der Waals surface area (Å²) in [4.78, 5) is -0.695. The van der Waals surface area contributed by atoms with Gasteiger partial charge >= 0.3 is 32.5 Å². The Kier molecular flexibility index (Phi) is 10.7. The summed E-state index contributed by atoms with van der Waals surface area (Å²) >= 11 is 8.19. The van der Waals surface area contributed by atoms with Gasteiger partial charge in [0.1, 0.15) is 6.10 Å². The molecule has 2 nitrogen and oxygen atoms in total. The van der Waals surface area contributed by atoms with Crippen LogP contribution >= 0.6 is 11.6 Å². The standard InChI is InChI=1S/C41H54ClNO.2CH3.Zr/c1-36(2,3)25-39(10,11)41(42)24-32(27-16-14-13-15-17-27)35(44)40(12,26-41)43-33-20-18-28(37(4,5)6)22-30(33)31-23-29(38(7,8)9)19-21-34(31)43;;;/h13-24,35,44H,25-26H2,1-12H3;2*1H3;. The summed E-state index contributed by atoms with van der Waals surface area (Å²) in [5, 5.41) is 15.0. The Morgan fingerprint density at radius 1 is 0.766 bits per heavy atom. The van der Waals surface area contributed by atoms with Gasteiger partial charge in [-0.05, 0) is 88.0 Å². The fraction of sp³-hybridized carbons (Fsp3) is 0.535. The number of aromatic nitrogens is 1. The molecule has 47 heavy (non-hydrogen) atoms. The van der Waals surface area contributed by atoms with Crippen molar-refractivity contribution in [2.75, 3.05) is 0 Å². The van der Waals surface area contributed by atoms with Crippen molar-refractivity contribution >= 4 is 39.0 Å². The van der Waals surface area contributed by atoms with E-state index in [-0.39, 0.29) is 44.9 Å². The van der Waals surface area contributed by atoms with Crippen molar-refractivity contribution < 1.29 is 28.3 Å².